The highest BCUT2D eigenvalue weighted by Gasteiger charge is 2.14. The van der Waals surface area contributed by atoms with Crippen LogP contribution in [0.1, 0.15) is 12.0 Å². The van der Waals surface area contributed by atoms with Crippen molar-refractivity contribution in [2.45, 2.75) is 6.42 Å². The van der Waals surface area contributed by atoms with E-state index >= 15 is 0 Å². The number of ether oxygens (including phenoxy) is 1. The maximum absolute atomic E-state index is 11.3. The summed E-state index contributed by atoms with van der Waals surface area (Å²) in [5.41, 5.74) is 6.45. The number of hydrogen-bond donors (Lipinski definition) is 1. The zero-order chi connectivity index (χ0) is 14.4. The summed E-state index contributed by atoms with van der Waals surface area (Å²) in [4.78, 5) is 2.70. The van der Waals surface area contributed by atoms with E-state index in [-0.39, 0.29) is 0 Å². The summed E-state index contributed by atoms with van der Waals surface area (Å²) in [5.74, 6) is 2.34. The van der Waals surface area contributed by atoms with Gasteiger partial charge in [-0.1, -0.05) is 24.4 Å². The highest BCUT2D eigenvalue weighted by atomic mass is 32.2. The second-order valence-electron chi connectivity index (χ2n) is 4.75. The lowest BCUT2D eigenvalue weighted by Crippen LogP contribution is -2.38. The molecule has 2 N–H and O–H groups in total. The lowest BCUT2D eigenvalue weighted by atomic mass is 10.2. The molecule has 2 rings (SSSR count). The summed E-state index contributed by atoms with van der Waals surface area (Å²) in [6.45, 7) is 3.47. The minimum absolute atomic E-state index is 0.360. The molecule has 110 valence electrons. The molecule has 0 aliphatic carbocycles. The molecule has 1 aliphatic rings. The standard InChI is InChI=1S/C14H20N2O2S2/c15-14(19)12-4-1-2-5-13(12)18-9-3-6-16-7-10-20(17)11-8-16/h1-2,4-5H,3,6-11H2,(H2,15,19). The van der Waals surface area contributed by atoms with Crippen molar-refractivity contribution in [1.82, 2.24) is 4.90 Å². The second-order valence-corrected chi connectivity index (χ2v) is 6.89. The molecule has 0 aromatic heterocycles. The topological polar surface area (TPSA) is 55.6 Å². The predicted molar refractivity (Wildman–Crippen MR) is 86.8 cm³/mol. The van der Waals surface area contributed by atoms with Crippen molar-refractivity contribution >= 4 is 28.0 Å². The zero-order valence-corrected chi connectivity index (χ0v) is 13.0. The van der Waals surface area contributed by atoms with Crippen LogP contribution in [-0.2, 0) is 10.8 Å². The third-order valence-corrected chi connectivity index (χ3v) is 4.79. The third kappa shape index (κ3) is 4.54. The first-order valence-corrected chi connectivity index (χ1v) is 8.65. The average molecular weight is 312 g/mol. The minimum atomic E-state index is -0.607. The number of nitrogens with two attached hydrogens (primary N) is 1. The van der Waals surface area contributed by atoms with Crippen LogP contribution in [0.5, 0.6) is 5.75 Å². The fourth-order valence-electron chi connectivity index (χ4n) is 2.17. The summed E-state index contributed by atoms with van der Waals surface area (Å²) in [6.07, 6.45) is 0.943. The first-order valence-electron chi connectivity index (χ1n) is 6.76. The molecule has 1 aromatic rings. The molecule has 0 saturated carbocycles. The van der Waals surface area contributed by atoms with Crippen molar-refractivity contribution in [2.75, 3.05) is 37.7 Å². The number of benzene rings is 1. The Bertz CT molecular complexity index is 484. The molecule has 4 nitrogen and oxygen atoms in total. The number of nitrogens with zero attached hydrogens (tertiary/aromatic N) is 1. The van der Waals surface area contributed by atoms with Crippen LogP contribution >= 0.6 is 12.2 Å². The van der Waals surface area contributed by atoms with Gasteiger partial charge in [-0.15, -0.1) is 0 Å². The van der Waals surface area contributed by atoms with Crippen LogP contribution in [-0.4, -0.2) is 51.8 Å². The van der Waals surface area contributed by atoms with Gasteiger partial charge in [-0.25, -0.2) is 0 Å². The van der Waals surface area contributed by atoms with Gasteiger partial charge in [0.1, 0.15) is 10.7 Å². The maximum atomic E-state index is 11.3. The van der Waals surface area contributed by atoms with Gasteiger partial charge in [-0.2, -0.15) is 0 Å². The van der Waals surface area contributed by atoms with Crippen molar-refractivity contribution < 1.29 is 8.95 Å². The van der Waals surface area contributed by atoms with Gasteiger partial charge >= 0.3 is 0 Å². The Morgan fingerprint density at radius 2 is 2.05 bits per heavy atom. The molecular formula is C14H20N2O2S2. The summed E-state index contributed by atoms with van der Waals surface area (Å²) in [5, 5.41) is 0. The molecule has 1 fully saturated rings. The minimum Gasteiger partial charge on any atom is -0.493 e. The second kappa shape index (κ2) is 7.71. The van der Waals surface area contributed by atoms with Gasteiger partial charge in [-0.05, 0) is 18.6 Å². The molecule has 1 aromatic carbocycles. The number of para-hydroxylation sites is 1. The van der Waals surface area contributed by atoms with Gasteiger partial charge in [0.2, 0.25) is 0 Å². The number of hydrogen-bond acceptors (Lipinski definition) is 4. The summed E-state index contributed by atoms with van der Waals surface area (Å²) in [7, 11) is -0.607. The lowest BCUT2D eigenvalue weighted by Gasteiger charge is -2.25. The molecule has 0 amide bonds. The lowest BCUT2D eigenvalue weighted by molar-refractivity contribution is 0.247. The van der Waals surface area contributed by atoms with Gasteiger partial charge < -0.3 is 15.4 Å². The molecule has 1 heterocycles. The van der Waals surface area contributed by atoms with E-state index in [0.717, 1.165) is 48.9 Å². The maximum Gasteiger partial charge on any atom is 0.129 e. The van der Waals surface area contributed by atoms with E-state index in [4.69, 9.17) is 22.7 Å². The largest absolute Gasteiger partial charge is 0.493 e. The predicted octanol–water partition coefficient (Wildman–Crippen LogP) is 1.15. The van der Waals surface area contributed by atoms with Gasteiger partial charge in [0, 0.05) is 41.9 Å². The van der Waals surface area contributed by atoms with Crippen LogP contribution in [0.15, 0.2) is 24.3 Å². The molecule has 0 radical (unpaired) electrons. The molecule has 0 atom stereocenters. The van der Waals surface area contributed by atoms with E-state index in [2.05, 4.69) is 4.90 Å². The van der Waals surface area contributed by atoms with Crippen LogP contribution in [0.4, 0.5) is 0 Å². The molecule has 0 unspecified atom stereocenters. The third-order valence-electron chi connectivity index (χ3n) is 3.30. The van der Waals surface area contributed by atoms with Gasteiger partial charge in [0.05, 0.1) is 12.2 Å². The summed E-state index contributed by atoms with van der Waals surface area (Å²) in [6, 6.07) is 7.57. The Hall–Kier alpha value is -0.980. The molecular weight excluding hydrogens is 292 g/mol. The monoisotopic (exact) mass is 312 g/mol. The van der Waals surface area contributed by atoms with Gasteiger partial charge in [0.25, 0.3) is 0 Å². The van der Waals surface area contributed by atoms with E-state index in [9.17, 15) is 4.21 Å². The zero-order valence-electron chi connectivity index (χ0n) is 11.4. The molecule has 1 aliphatic heterocycles. The number of thiocarbonyl (C=S) groups is 1. The molecule has 0 bridgehead atoms. The van der Waals surface area contributed by atoms with E-state index < -0.39 is 10.8 Å². The van der Waals surface area contributed by atoms with Crippen LogP contribution < -0.4 is 10.5 Å². The van der Waals surface area contributed by atoms with E-state index in [0.29, 0.717) is 11.6 Å². The van der Waals surface area contributed by atoms with Gasteiger partial charge in [0.15, 0.2) is 0 Å². The van der Waals surface area contributed by atoms with Crippen molar-refractivity contribution in [3.63, 3.8) is 0 Å². The SMILES string of the molecule is NC(=S)c1ccccc1OCCCN1CCS(=O)CC1. The van der Waals surface area contributed by atoms with E-state index in [1.807, 2.05) is 24.3 Å². The van der Waals surface area contributed by atoms with Crippen LogP contribution in [0.2, 0.25) is 0 Å². The average Bonchev–Trinajstić information content (AvgIpc) is 2.46. The number of rotatable bonds is 6. The van der Waals surface area contributed by atoms with Crippen LogP contribution in [0, 0.1) is 0 Å². The Morgan fingerprint density at radius 1 is 1.35 bits per heavy atom. The Labute approximate surface area is 127 Å². The highest BCUT2D eigenvalue weighted by molar-refractivity contribution is 7.85. The van der Waals surface area contributed by atoms with E-state index in [1.54, 1.807) is 0 Å². The molecule has 0 spiro atoms. The molecule has 1 saturated heterocycles. The smallest absolute Gasteiger partial charge is 0.129 e. The summed E-state index contributed by atoms with van der Waals surface area (Å²) < 4.78 is 17.0. The summed E-state index contributed by atoms with van der Waals surface area (Å²) >= 11 is 5.00. The Balaban J connectivity index is 1.73. The normalized spacial score (nSPS) is 17.0. The fourth-order valence-corrected chi connectivity index (χ4v) is 3.46. The highest BCUT2D eigenvalue weighted by Crippen LogP contribution is 2.17. The van der Waals surface area contributed by atoms with Crippen LogP contribution in [0.25, 0.3) is 0 Å². The fraction of sp³-hybridized carbons (Fsp3) is 0.500. The van der Waals surface area contributed by atoms with Crippen molar-refractivity contribution in [3.05, 3.63) is 29.8 Å². The Morgan fingerprint density at radius 3 is 2.75 bits per heavy atom. The quantitative estimate of drug-likeness (QED) is 0.631. The van der Waals surface area contributed by atoms with Crippen molar-refractivity contribution in [3.8, 4) is 5.75 Å². The van der Waals surface area contributed by atoms with Gasteiger partial charge in [-0.3, -0.25) is 4.21 Å². The van der Waals surface area contributed by atoms with Crippen molar-refractivity contribution in [2.24, 2.45) is 5.73 Å². The first kappa shape index (κ1) is 15.4. The molecule has 6 heteroatoms. The Kier molecular flexibility index (Phi) is 5.94. The molecule has 20 heavy (non-hydrogen) atoms. The van der Waals surface area contributed by atoms with Crippen molar-refractivity contribution in [1.29, 1.82) is 0 Å². The van der Waals surface area contributed by atoms with E-state index in [1.165, 1.54) is 0 Å². The first-order chi connectivity index (χ1) is 9.66. The van der Waals surface area contributed by atoms with Crippen LogP contribution in [0.3, 0.4) is 0 Å².